The van der Waals surface area contributed by atoms with Crippen molar-refractivity contribution < 1.29 is 14.3 Å². The topological polar surface area (TPSA) is 75.9 Å². The van der Waals surface area contributed by atoms with Crippen LogP contribution in [-0.2, 0) is 20.9 Å². The summed E-state index contributed by atoms with van der Waals surface area (Å²) in [5, 5.41) is 2.85. The van der Waals surface area contributed by atoms with Crippen molar-refractivity contribution in [1.29, 1.82) is 0 Å². The van der Waals surface area contributed by atoms with Gasteiger partial charge < -0.3 is 19.4 Å². The Bertz CT molecular complexity index is 740. The van der Waals surface area contributed by atoms with Gasteiger partial charge in [-0.05, 0) is 19.1 Å². The van der Waals surface area contributed by atoms with Crippen LogP contribution in [0.15, 0.2) is 24.4 Å². The maximum absolute atomic E-state index is 12.3. The highest BCUT2D eigenvalue weighted by molar-refractivity contribution is 5.87. The average Bonchev–Trinajstić information content (AvgIpc) is 2.97. The summed E-state index contributed by atoms with van der Waals surface area (Å²) in [4.78, 5) is 30.0. The van der Waals surface area contributed by atoms with Gasteiger partial charge in [-0.1, -0.05) is 6.07 Å². The fourth-order valence-electron chi connectivity index (χ4n) is 2.78. The summed E-state index contributed by atoms with van der Waals surface area (Å²) in [6.07, 6.45) is 1.91. The van der Waals surface area contributed by atoms with Gasteiger partial charge in [0.25, 0.3) is 0 Å². The number of aromatic nitrogens is 2. The SMILES string of the molecule is CC(=O)N1CCOCC1C(=O)NCc1cn2c(C)cccc2n1. The summed E-state index contributed by atoms with van der Waals surface area (Å²) in [7, 11) is 0. The van der Waals surface area contributed by atoms with Crippen LogP contribution < -0.4 is 5.32 Å². The molecule has 2 amide bonds. The minimum atomic E-state index is -0.569. The van der Waals surface area contributed by atoms with E-state index in [4.69, 9.17) is 4.74 Å². The van der Waals surface area contributed by atoms with Crippen LogP contribution in [0.4, 0.5) is 0 Å². The van der Waals surface area contributed by atoms with Gasteiger partial charge in [-0.25, -0.2) is 4.98 Å². The van der Waals surface area contributed by atoms with Crippen LogP contribution in [0.5, 0.6) is 0 Å². The minimum Gasteiger partial charge on any atom is -0.377 e. The van der Waals surface area contributed by atoms with E-state index in [1.807, 2.05) is 35.7 Å². The van der Waals surface area contributed by atoms with Gasteiger partial charge in [0.05, 0.1) is 25.5 Å². The number of rotatable bonds is 3. The number of morpholine rings is 1. The van der Waals surface area contributed by atoms with Crippen LogP contribution in [0, 0.1) is 6.92 Å². The number of hydrogen-bond donors (Lipinski definition) is 1. The summed E-state index contributed by atoms with van der Waals surface area (Å²) in [5.74, 6) is -0.328. The summed E-state index contributed by atoms with van der Waals surface area (Å²) in [6, 6.07) is 5.30. The van der Waals surface area contributed by atoms with Gasteiger partial charge in [0.1, 0.15) is 11.7 Å². The van der Waals surface area contributed by atoms with Gasteiger partial charge in [-0.15, -0.1) is 0 Å². The molecular weight excluding hydrogens is 296 g/mol. The Morgan fingerprint density at radius 2 is 2.26 bits per heavy atom. The van der Waals surface area contributed by atoms with E-state index in [0.29, 0.717) is 19.7 Å². The zero-order valence-electron chi connectivity index (χ0n) is 13.3. The lowest BCUT2D eigenvalue weighted by atomic mass is 10.2. The molecule has 0 aromatic carbocycles. The molecule has 3 rings (SSSR count). The number of hydrogen-bond acceptors (Lipinski definition) is 4. The van der Waals surface area contributed by atoms with Crippen molar-refractivity contribution in [3.05, 3.63) is 35.8 Å². The van der Waals surface area contributed by atoms with E-state index in [1.165, 1.54) is 6.92 Å². The molecule has 1 saturated heterocycles. The van der Waals surface area contributed by atoms with E-state index >= 15 is 0 Å². The predicted octanol–water partition coefficient (Wildman–Crippen LogP) is 0.506. The molecule has 0 bridgehead atoms. The summed E-state index contributed by atoms with van der Waals surface area (Å²) in [5.41, 5.74) is 2.70. The first-order valence-electron chi connectivity index (χ1n) is 7.62. The van der Waals surface area contributed by atoms with Gasteiger partial charge in [-0.2, -0.15) is 0 Å². The van der Waals surface area contributed by atoms with Gasteiger partial charge in [-0.3, -0.25) is 9.59 Å². The van der Waals surface area contributed by atoms with Gasteiger partial charge in [0.15, 0.2) is 0 Å². The summed E-state index contributed by atoms with van der Waals surface area (Å²) < 4.78 is 7.30. The van der Waals surface area contributed by atoms with Gasteiger partial charge in [0, 0.05) is 25.4 Å². The highest BCUT2D eigenvalue weighted by atomic mass is 16.5. The molecule has 0 saturated carbocycles. The molecule has 1 aliphatic heterocycles. The van der Waals surface area contributed by atoms with Crippen molar-refractivity contribution in [3.8, 4) is 0 Å². The third-order valence-electron chi connectivity index (χ3n) is 4.03. The van der Waals surface area contributed by atoms with Crippen molar-refractivity contribution in [1.82, 2.24) is 19.6 Å². The van der Waals surface area contributed by atoms with Crippen LogP contribution in [0.25, 0.3) is 5.65 Å². The second kappa shape index (κ2) is 6.37. The lowest BCUT2D eigenvalue weighted by Gasteiger charge is -2.33. The predicted molar refractivity (Wildman–Crippen MR) is 83.8 cm³/mol. The Hall–Kier alpha value is -2.41. The smallest absolute Gasteiger partial charge is 0.245 e. The zero-order chi connectivity index (χ0) is 16.4. The van der Waals surface area contributed by atoms with Crippen molar-refractivity contribution in [2.75, 3.05) is 19.8 Å². The summed E-state index contributed by atoms with van der Waals surface area (Å²) in [6.45, 7) is 4.94. The number of aryl methyl sites for hydroxylation is 1. The van der Waals surface area contributed by atoms with Gasteiger partial charge >= 0.3 is 0 Å². The van der Waals surface area contributed by atoms with Crippen LogP contribution >= 0.6 is 0 Å². The van der Waals surface area contributed by atoms with Crippen LogP contribution in [-0.4, -0.2) is 51.9 Å². The molecule has 0 aliphatic carbocycles. The quantitative estimate of drug-likeness (QED) is 0.895. The maximum atomic E-state index is 12.3. The molecule has 2 aromatic heterocycles. The molecule has 1 fully saturated rings. The average molecular weight is 316 g/mol. The molecule has 0 spiro atoms. The third kappa shape index (κ3) is 3.19. The number of amides is 2. The first-order valence-corrected chi connectivity index (χ1v) is 7.62. The number of ether oxygens (including phenoxy) is 1. The molecule has 1 atom stereocenters. The number of nitrogens with zero attached hydrogens (tertiary/aromatic N) is 3. The van der Waals surface area contributed by atoms with E-state index in [0.717, 1.165) is 17.0 Å². The van der Waals surface area contributed by atoms with Gasteiger partial charge in [0.2, 0.25) is 11.8 Å². The van der Waals surface area contributed by atoms with Crippen LogP contribution in [0.2, 0.25) is 0 Å². The number of pyridine rings is 1. The normalized spacial score (nSPS) is 18.2. The number of fused-ring (bicyclic) bond motifs is 1. The van der Waals surface area contributed by atoms with Crippen LogP contribution in [0.3, 0.4) is 0 Å². The van der Waals surface area contributed by atoms with Crippen molar-refractivity contribution in [2.24, 2.45) is 0 Å². The molecule has 7 nitrogen and oxygen atoms in total. The highest BCUT2D eigenvalue weighted by Crippen LogP contribution is 2.10. The fourth-order valence-corrected chi connectivity index (χ4v) is 2.78. The van der Waals surface area contributed by atoms with E-state index in [1.54, 1.807) is 4.90 Å². The number of carbonyl (C=O) groups is 2. The molecule has 2 aromatic rings. The monoisotopic (exact) mass is 316 g/mol. The lowest BCUT2D eigenvalue weighted by molar-refractivity contribution is -0.147. The first kappa shape index (κ1) is 15.5. The van der Waals surface area contributed by atoms with Crippen molar-refractivity contribution >= 4 is 17.5 Å². The van der Waals surface area contributed by atoms with E-state index in [9.17, 15) is 9.59 Å². The maximum Gasteiger partial charge on any atom is 0.245 e. The van der Waals surface area contributed by atoms with Crippen molar-refractivity contribution in [3.63, 3.8) is 0 Å². The minimum absolute atomic E-state index is 0.114. The number of carbonyl (C=O) groups excluding carboxylic acids is 2. The number of imidazole rings is 1. The number of nitrogens with one attached hydrogen (secondary N) is 1. The van der Waals surface area contributed by atoms with Crippen LogP contribution in [0.1, 0.15) is 18.3 Å². The molecule has 0 radical (unpaired) electrons. The molecule has 3 heterocycles. The molecule has 1 N–H and O–H groups in total. The Kier molecular flexibility index (Phi) is 4.29. The third-order valence-corrected chi connectivity index (χ3v) is 4.03. The first-order chi connectivity index (χ1) is 11.1. The Balaban J connectivity index is 1.67. The Morgan fingerprint density at radius 1 is 1.43 bits per heavy atom. The molecule has 1 unspecified atom stereocenters. The molecule has 7 heteroatoms. The molecule has 122 valence electrons. The Labute approximate surface area is 134 Å². The standard InChI is InChI=1S/C16H20N4O3/c1-11-4-3-5-15-18-13(9-20(11)15)8-17-16(22)14-10-23-7-6-19(14)12(2)21/h3-5,9,14H,6-8,10H2,1-2H3,(H,17,22). The molecular formula is C16H20N4O3. The summed E-state index contributed by atoms with van der Waals surface area (Å²) >= 11 is 0. The molecule has 1 aliphatic rings. The second-order valence-corrected chi connectivity index (χ2v) is 5.65. The van der Waals surface area contributed by atoms with E-state index in [-0.39, 0.29) is 18.4 Å². The van der Waals surface area contributed by atoms with E-state index in [2.05, 4.69) is 10.3 Å². The zero-order valence-corrected chi connectivity index (χ0v) is 13.3. The fraction of sp³-hybridized carbons (Fsp3) is 0.438. The largest absolute Gasteiger partial charge is 0.377 e. The lowest BCUT2D eigenvalue weighted by Crippen LogP contribution is -2.55. The Morgan fingerprint density at radius 3 is 3.00 bits per heavy atom. The molecule has 23 heavy (non-hydrogen) atoms. The van der Waals surface area contributed by atoms with Crippen molar-refractivity contribution in [2.45, 2.75) is 26.4 Å². The van der Waals surface area contributed by atoms with E-state index < -0.39 is 6.04 Å². The highest BCUT2D eigenvalue weighted by Gasteiger charge is 2.30. The second-order valence-electron chi connectivity index (χ2n) is 5.65.